The van der Waals surface area contributed by atoms with Crippen LogP contribution in [0.4, 0.5) is 0 Å². The molecule has 17 heavy (non-hydrogen) atoms. The number of benzene rings is 1. The summed E-state index contributed by atoms with van der Waals surface area (Å²) in [5.41, 5.74) is 0.614. The van der Waals surface area contributed by atoms with Gasteiger partial charge in [-0.1, -0.05) is 0 Å². The Morgan fingerprint density at radius 2 is 2.18 bits per heavy atom. The van der Waals surface area contributed by atoms with E-state index in [9.17, 15) is 4.79 Å². The Balaban J connectivity index is 2.67. The van der Waals surface area contributed by atoms with E-state index in [0.717, 1.165) is 9.37 Å². The molecule has 0 fully saturated rings. The number of thiol groups is 1. The van der Waals surface area contributed by atoms with Crippen LogP contribution in [0.5, 0.6) is 0 Å². The molecule has 5 heteroatoms. The summed E-state index contributed by atoms with van der Waals surface area (Å²) in [7, 11) is 3.97. The molecule has 1 aromatic carbocycles. The van der Waals surface area contributed by atoms with E-state index in [2.05, 4.69) is 45.7 Å². The first-order valence-electron chi connectivity index (χ1n) is 5.35. The van der Waals surface area contributed by atoms with Gasteiger partial charge in [-0.25, -0.2) is 0 Å². The molecule has 0 heterocycles. The number of carbonyl (C=O) groups excluding carboxylic acids is 1. The third-order valence-corrected chi connectivity index (χ3v) is 3.60. The monoisotopic (exact) mass is 316 g/mol. The van der Waals surface area contributed by atoms with Crippen LogP contribution in [-0.4, -0.2) is 37.5 Å². The highest BCUT2D eigenvalue weighted by molar-refractivity contribution is 9.10. The molecule has 0 saturated carbocycles. The molecule has 0 saturated heterocycles. The molecule has 0 bridgehead atoms. The van der Waals surface area contributed by atoms with Gasteiger partial charge in [-0.3, -0.25) is 4.79 Å². The van der Waals surface area contributed by atoms with Crippen molar-refractivity contribution in [3.8, 4) is 0 Å². The number of hydrogen-bond acceptors (Lipinski definition) is 3. The second-order valence-electron chi connectivity index (χ2n) is 4.19. The van der Waals surface area contributed by atoms with Gasteiger partial charge in [-0.2, -0.15) is 0 Å². The quantitative estimate of drug-likeness (QED) is 0.836. The third-order valence-electron chi connectivity index (χ3n) is 2.63. The van der Waals surface area contributed by atoms with E-state index in [-0.39, 0.29) is 5.91 Å². The molecule has 94 valence electrons. The van der Waals surface area contributed by atoms with Gasteiger partial charge in [0.25, 0.3) is 5.91 Å². The van der Waals surface area contributed by atoms with Crippen LogP contribution in [0.3, 0.4) is 0 Å². The lowest BCUT2D eigenvalue weighted by Crippen LogP contribution is -2.38. The molecule has 3 nitrogen and oxygen atoms in total. The van der Waals surface area contributed by atoms with Gasteiger partial charge in [-0.05, 0) is 55.1 Å². The number of amides is 1. The van der Waals surface area contributed by atoms with Crippen molar-refractivity contribution in [2.24, 2.45) is 0 Å². The van der Waals surface area contributed by atoms with Gasteiger partial charge in [0.05, 0.1) is 5.56 Å². The van der Waals surface area contributed by atoms with Crippen molar-refractivity contribution in [2.45, 2.75) is 17.9 Å². The van der Waals surface area contributed by atoms with Crippen molar-refractivity contribution < 1.29 is 4.79 Å². The van der Waals surface area contributed by atoms with E-state index >= 15 is 0 Å². The van der Waals surface area contributed by atoms with E-state index < -0.39 is 0 Å². The zero-order valence-corrected chi connectivity index (χ0v) is 12.7. The molecule has 0 aliphatic rings. The first-order chi connectivity index (χ1) is 7.91. The van der Waals surface area contributed by atoms with E-state index in [4.69, 9.17) is 0 Å². The highest BCUT2D eigenvalue weighted by Crippen LogP contribution is 2.20. The van der Waals surface area contributed by atoms with Crippen LogP contribution in [0.25, 0.3) is 0 Å². The maximum absolute atomic E-state index is 12.0. The summed E-state index contributed by atoms with van der Waals surface area (Å²) in [4.78, 5) is 14.8. The molecule has 1 aromatic rings. The fraction of sp³-hybridized carbons (Fsp3) is 0.417. The normalized spacial score (nSPS) is 12.6. The SMILES string of the molecule is CC(CNC(=O)c1cc(S)ccc1Br)N(C)C. The molecule has 0 aliphatic carbocycles. The summed E-state index contributed by atoms with van der Waals surface area (Å²) in [6.07, 6.45) is 0. The summed E-state index contributed by atoms with van der Waals surface area (Å²) in [6, 6.07) is 5.72. The van der Waals surface area contributed by atoms with E-state index in [0.29, 0.717) is 18.2 Å². The Morgan fingerprint density at radius 1 is 1.53 bits per heavy atom. The van der Waals surface area contributed by atoms with Crippen LogP contribution in [0.1, 0.15) is 17.3 Å². The van der Waals surface area contributed by atoms with Crippen LogP contribution in [0.15, 0.2) is 27.6 Å². The number of halogens is 1. The third kappa shape index (κ3) is 4.33. The molecular weight excluding hydrogens is 300 g/mol. The minimum absolute atomic E-state index is 0.0820. The number of hydrogen-bond donors (Lipinski definition) is 2. The molecule has 1 amide bonds. The molecule has 1 rings (SSSR count). The van der Waals surface area contributed by atoms with Crippen LogP contribution in [0, 0.1) is 0 Å². The number of likely N-dealkylation sites (N-methyl/N-ethyl adjacent to an activating group) is 1. The highest BCUT2D eigenvalue weighted by atomic mass is 79.9. The van der Waals surface area contributed by atoms with Crippen molar-refractivity contribution in [2.75, 3.05) is 20.6 Å². The van der Waals surface area contributed by atoms with Crippen LogP contribution in [0.2, 0.25) is 0 Å². The second-order valence-corrected chi connectivity index (χ2v) is 5.56. The Labute approximate surface area is 116 Å². The fourth-order valence-electron chi connectivity index (χ4n) is 1.21. The Kier molecular flexibility index (Phi) is 5.49. The average molecular weight is 317 g/mol. The lowest BCUT2D eigenvalue weighted by Gasteiger charge is -2.20. The summed E-state index contributed by atoms with van der Waals surface area (Å²) < 4.78 is 0.783. The molecular formula is C12H17BrN2OS. The van der Waals surface area contributed by atoms with Crippen molar-refractivity contribution in [3.05, 3.63) is 28.2 Å². The van der Waals surface area contributed by atoms with Crippen LogP contribution in [-0.2, 0) is 0 Å². The average Bonchev–Trinajstić information content (AvgIpc) is 2.28. The topological polar surface area (TPSA) is 32.3 Å². The molecule has 0 aliphatic heterocycles. The maximum atomic E-state index is 12.0. The summed E-state index contributed by atoms with van der Waals surface area (Å²) in [6.45, 7) is 2.68. The van der Waals surface area contributed by atoms with Crippen molar-refractivity contribution in [3.63, 3.8) is 0 Å². The lowest BCUT2D eigenvalue weighted by atomic mass is 10.2. The Morgan fingerprint density at radius 3 is 2.76 bits per heavy atom. The molecule has 0 radical (unpaired) electrons. The highest BCUT2D eigenvalue weighted by Gasteiger charge is 2.12. The van der Waals surface area contributed by atoms with Crippen molar-refractivity contribution in [1.29, 1.82) is 0 Å². The first-order valence-corrected chi connectivity index (χ1v) is 6.59. The van der Waals surface area contributed by atoms with Gasteiger partial charge in [0.15, 0.2) is 0 Å². The predicted octanol–water partition coefficient (Wildman–Crippen LogP) is 2.42. The zero-order chi connectivity index (χ0) is 13.0. The number of nitrogens with zero attached hydrogens (tertiary/aromatic N) is 1. The van der Waals surface area contributed by atoms with Gasteiger partial charge in [0.1, 0.15) is 0 Å². The van der Waals surface area contributed by atoms with Gasteiger partial charge < -0.3 is 10.2 Å². The predicted molar refractivity (Wildman–Crippen MR) is 76.9 cm³/mol. The van der Waals surface area contributed by atoms with Gasteiger partial charge in [0.2, 0.25) is 0 Å². The van der Waals surface area contributed by atoms with Gasteiger partial charge >= 0.3 is 0 Å². The lowest BCUT2D eigenvalue weighted by molar-refractivity contribution is 0.0942. The number of rotatable bonds is 4. The van der Waals surface area contributed by atoms with Crippen molar-refractivity contribution >= 4 is 34.5 Å². The second kappa shape index (κ2) is 6.42. The summed E-state index contributed by atoms with van der Waals surface area (Å²) in [5.74, 6) is -0.0820. The van der Waals surface area contributed by atoms with E-state index in [1.54, 1.807) is 6.07 Å². The Bertz CT molecular complexity index is 409. The zero-order valence-electron chi connectivity index (χ0n) is 10.2. The van der Waals surface area contributed by atoms with Crippen molar-refractivity contribution in [1.82, 2.24) is 10.2 Å². The fourth-order valence-corrected chi connectivity index (χ4v) is 1.84. The maximum Gasteiger partial charge on any atom is 0.252 e. The standard InChI is InChI=1S/C12H17BrN2OS/c1-8(15(2)3)7-14-12(16)10-6-9(17)4-5-11(10)13/h4-6,8,17H,7H2,1-3H3,(H,14,16). The largest absolute Gasteiger partial charge is 0.350 e. The van der Waals surface area contributed by atoms with Gasteiger partial charge in [0, 0.05) is 22.0 Å². The number of nitrogens with one attached hydrogen (secondary N) is 1. The first kappa shape index (κ1) is 14.5. The summed E-state index contributed by atoms with van der Waals surface area (Å²) >= 11 is 7.59. The number of carbonyl (C=O) groups is 1. The molecule has 1 unspecified atom stereocenters. The minimum Gasteiger partial charge on any atom is -0.350 e. The molecule has 1 atom stereocenters. The Hall–Kier alpha value is -0.520. The molecule has 1 N–H and O–H groups in total. The minimum atomic E-state index is -0.0820. The van der Waals surface area contributed by atoms with Crippen LogP contribution >= 0.6 is 28.6 Å². The smallest absolute Gasteiger partial charge is 0.252 e. The summed E-state index contributed by atoms with van der Waals surface area (Å²) in [5, 5.41) is 2.90. The van der Waals surface area contributed by atoms with Crippen LogP contribution < -0.4 is 5.32 Å². The van der Waals surface area contributed by atoms with Gasteiger partial charge in [-0.15, -0.1) is 12.6 Å². The van der Waals surface area contributed by atoms with E-state index in [1.807, 2.05) is 26.2 Å². The molecule has 0 spiro atoms. The molecule has 0 aromatic heterocycles. The van der Waals surface area contributed by atoms with E-state index in [1.165, 1.54) is 0 Å².